The second kappa shape index (κ2) is 3.93. The SMILES string of the molecule is CCc1ccc2cc(C(=O)O)c(C)cc2n1. The Morgan fingerprint density at radius 2 is 2.12 bits per heavy atom. The number of carboxylic acids is 1. The molecule has 0 bridgehead atoms. The molecule has 0 spiro atoms. The molecule has 1 N–H and O–H groups in total. The standard InChI is InChI=1S/C13H13NO2/c1-3-10-5-4-9-7-11(13(15)16)8(2)6-12(9)14-10/h4-7H,3H2,1-2H3,(H,15,16). The van der Waals surface area contributed by atoms with E-state index in [4.69, 9.17) is 5.11 Å². The van der Waals surface area contributed by atoms with E-state index in [1.807, 2.05) is 25.1 Å². The first-order valence-corrected chi connectivity index (χ1v) is 5.25. The van der Waals surface area contributed by atoms with E-state index in [0.717, 1.165) is 28.6 Å². The Labute approximate surface area is 93.7 Å². The molecule has 2 aromatic rings. The second-order valence-electron chi connectivity index (χ2n) is 3.82. The first-order valence-electron chi connectivity index (χ1n) is 5.25. The maximum atomic E-state index is 11.0. The fourth-order valence-electron chi connectivity index (χ4n) is 1.75. The number of pyridine rings is 1. The van der Waals surface area contributed by atoms with Crippen molar-refractivity contribution >= 4 is 16.9 Å². The summed E-state index contributed by atoms with van der Waals surface area (Å²) in [5.41, 5.74) is 2.98. The van der Waals surface area contributed by atoms with Gasteiger partial charge in [-0.2, -0.15) is 0 Å². The topological polar surface area (TPSA) is 50.2 Å². The molecule has 1 aromatic heterocycles. The van der Waals surface area contributed by atoms with Crippen LogP contribution < -0.4 is 0 Å². The Hall–Kier alpha value is -1.90. The first-order chi connectivity index (χ1) is 7.61. The Morgan fingerprint density at radius 1 is 1.38 bits per heavy atom. The number of carboxylic acid groups (broad SMARTS) is 1. The van der Waals surface area contributed by atoms with E-state index in [2.05, 4.69) is 4.98 Å². The number of hydrogen-bond donors (Lipinski definition) is 1. The van der Waals surface area contributed by atoms with Crippen molar-refractivity contribution in [1.82, 2.24) is 4.98 Å². The quantitative estimate of drug-likeness (QED) is 0.838. The lowest BCUT2D eigenvalue weighted by molar-refractivity contribution is 0.0696. The number of aromatic nitrogens is 1. The molecule has 3 heteroatoms. The van der Waals surface area contributed by atoms with Crippen molar-refractivity contribution in [3.05, 3.63) is 41.1 Å². The molecule has 82 valence electrons. The van der Waals surface area contributed by atoms with Crippen molar-refractivity contribution in [2.75, 3.05) is 0 Å². The van der Waals surface area contributed by atoms with Crippen molar-refractivity contribution < 1.29 is 9.90 Å². The lowest BCUT2D eigenvalue weighted by Gasteiger charge is -2.05. The zero-order valence-corrected chi connectivity index (χ0v) is 9.32. The molecule has 0 aliphatic carbocycles. The summed E-state index contributed by atoms with van der Waals surface area (Å²) in [4.78, 5) is 15.4. The lowest BCUT2D eigenvalue weighted by atomic mass is 10.0. The van der Waals surface area contributed by atoms with Gasteiger partial charge in [0.05, 0.1) is 11.1 Å². The maximum Gasteiger partial charge on any atom is 0.335 e. The highest BCUT2D eigenvalue weighted by Gasteiger charge is 2.08. The smallest absolute Gasteiger partial charge is 0.335 e. The van der Waals surface area contributed by atoms with Gasteiger partial charge in [-0.15, -0.1) is 0 Å². The molecular weight excluding hydrogens is 202 g/mol. The van der Waals surface area contributed by atoms with Gasteiger partial charge in [-0.1, -0.05) is 13.0 Å². The third-order valence-corrected chi connectivity index (χ3v) is 2.69. The van der Waals surface area contributed by atoms with E-state index in [0.29, 0.717) is 5.56 Å². The molecule has 2 rings (SSSR count). The Morgan fingerprint density at radius 3 is 2.75 bits per heavy atom. The Kier molecular flexibility index (Phi) is 2.60. The average Bonchev–Trinajstić information content (AvgIpc) is 2.27. The zero-order valence-electron chi connectivity index (χ0n) is 9.32. The van der Waals surface area contributed by atoms with Crippen LogP contribution in [0.4, 0.5) is 0 Å². The van der Waals surface area contributed by atoms with Gasteiger partial charge in [0.15, 0.2) is 0 Å². The van der Waals surface area contributed by atoms with Gasteiger partial charge in [-0.3, -0.25) is 4.98 Å². The van der Waals surface area contributed by atoms with Gasteiger partial charge in [0.1, 0.15) is 0 Å². The van der Waals surface area contributed by atoms with E-state index < -0.39 is 5.97 Å². The number of hydrogen-bond acceptors (Lipinski definition) is 2. The van der Waals surface area contributed by atoms with Crippen LogP contribution in [-0.4, -0.2) is 16.1 Å². The normalized spacial score (nSPS) is 10.6. The second-order valence-corrected chi connectivity index (χ2v) is 3.82. The van der Waals surface area contributed by atoms with E-state index in [1.54, 1.807) is 13.0 Å². The lowest BCUT2D eigenvalue weighted by Crippen LogP contribution is -2.00. The predicted octanol–water partition coefficient (Wildman–Crippen LogP) is 2.80. The summed E-state index contributed by atoms with van der Waals surface area (Å²) in [5, 5.41) is 9.88. The highest BCUT2D eigenvalue weighted by Crippen LogP contribution is 2.19. The van der Waals surface area contributed by atoms with Crippen LogP contribution in [0, 0.1) is 6.92 Å². The molecule has 0 atom stereocenters. The van der Waals surface area contributed by atoms with Gasteiger partial charge >= 0.3 is 5.97 Å². The van der Waals surface area contributed by atoms with Crippen LogP contribution in [0.3, 0.4) is 0 Å². The highest BCUT2D eigenvalue weighted by molar-refractivity contribution is 5.95. The van der Waals surface area contributed by atoms with Gasteiger partial charge in [-0.05, 0) is 37.1 Å². The van der Waals surface area contributed by atoms with Crippen molar-refractivity contribution in [1.29, 1.82) is 0 Å². The Bertz CT molecular complexity index is 561. The predicted molar refractivity (Wildman–Crippen MR) is 62.8 cm³/mol. The number of fused-ring (bicyclic) bond motifs is 1. The van der Waals surface area contributed by atoms with Crippen LogP contribution >= 0.6 is 0 Å². The minimum Gasteiger partial charge on any atom is -0.478 e. The molecule has 3 nitrogen and oxygen atoms in total. The molecule has 0 amide bonds. The van der Waals surface area contributed by atoms with Gasteiger partial charge in [0.2, 0.25) is 0 Å². The monoisotopic (exact) mass is 215 g/mol. The number of aromatic carboxylic acids is 1. The molecular formula is C13H13NO2. The molecule has 16 heavy (non-hydrogen) atoms. The van der Waals surface area contributed by atoms with Crippen LogP contribution in [0.25, 0.3) is 10.9 Å². The van der Waals surface area contributed by atoms with Crippen LogP contribution in [0.5, 0.6) is 0 Å². The number of aryl methyl sites for hydroxylation is 2. The highest BCUT2D eigenvalue weighted by atomic mass is 16.4. The van der Waals surface area contributed by atoms with Crippen molar-refractivity contribution in [2.45, 2.75) is 20.3 Å². The fourth-order valence-corrected chi connectivity index (χ4v) is 1.75. The summed E-state index contributed by atoms with van der Waals surface area (Å²) < 4.78 is 0. The summed E-state index contributed by atoms with van der Waals surface area (Å²) >= 11 is 0. The minimum atomic E-state index is -0.890. The first kappa shape index (κ1) is 10.6. The fraction of sp³-hybridized carbons (Fsp3) is 0.231. The molecule has 1 heterocycles. The number of nitrogens with zero attached hydrogens (tertiary/aromatic N) is 1. The molecule has 0 saturated heterocycles. The third-order valence-electron chi connectivity index (χ3n) is 2.69. The van der Waals surface area contributed by atoms with Crippen molar-refractivity contribution in [3.8, 4) is 0 Å². The van der Waals surface area contributed by atoms with Crippen LogP contribution in [0.15, 0.2) is 24.3 Å². The molecule has 0 unspecified atom stereocenters. The van der Waals surface area contributed by atoms with Crippen LogP contribution in [0.1, 0.15) is 28.5 Å². The minimum absolute atomic E-state index is 0.346. The summed E-state index contributed by atoms with van der Waals surface area (Å²) in [6.07, 6.45) is 0.885. The van der Waals surface area contributed by atoms with Gasteiger partial charge in [-0.25, -0.2) is 4.79 Å². The summed E-state index contributed by atoms with van der Waals surface area (Å²) in [5.74, 6) is -0.890. The van der Waals surface area contributed by atoms with Gasteiger partial charge in [0, 0.05) is 11.1 Å². The van der Waals surface area contributed by atoms with E-state index in [-0.39, 0.29) is 0 Å². The third kappa shape index (κ3) is 1.76. The van der Waals surface area contributed by atoms with Crippen LogP contribution in [0.2, 0.25) is 0 Å². The summed E-state index contributed by atoms with van der Waals surface area (Å²) in [6, 6.07) is 7.37. The maximum absolute atomic E-state index is 11.0. The molecule has 0 aliphatic rings. The van der Waals surface area contributed by atoms with Gasteiger partial charge < -0.3 is 5.11 Å². The van der Waals surface area contributed by atoms with E-state index in [1.165, 1.54) is 0 Å². The summed E-state index contributed by atoms with van der Waals surface area (Å²) in [7, 11) is 0. The molecule has 0 fully saturated rings. The number of carbonyl (C=O) groups is 1. The van der Waals surface area contributed by atoms with Crippen LogP contribution in [-0.2, 0) is 6.42 Å². The largest absolute Gasteiger partial charge is 0.478 e. The van der Waals surface area contributed by atoms with E-state index >= 15 is 0 Å². The molecule has 0 saturated carbocycles. The zero-order chi connectivity index (χ0) is 11.7. The summed E-state index contributed by atoms with van der Waals surface area (Å²) in [6.45, 7) is 3.84. The molecule has 1 aromatic carbocycles. The number of benzene rings is 1. The average molecular weight is 215 g/mol. The van der Waals surface area contributed by atoms with Crippen molar-refractivity contribution in [3.63, 3.8) is 0 Å². The number of rotatable bonds is 2. The van der Waals surface area contributed by atoms with Crippen molar-refractivity contribution in [2.24, 2.45) is 0 Å². The molecule has 0 aliphatic heterocycles. The van der Waals surface area contributed by atoms with E-state index in [9.17, 15) is 4.79 Å². The molecule has 0 radical (unpaired) electrons. The Balaban J connectivity index is 2.68. The van der Waals surface area contributed by atoms with Gasteiger partial charge in [0.25, 0.3) is 0 Å².